The number of piperidine rings is 1. The summed E-state index contributed by atoms with van der Waals surface area (Å²) in [5.74, 6) is 0.0763. The van der Waals surface area contributed by atoms with E-state index in [-0.39, 0.29) is 18.6 Å². The Morgan fingerprint density at radius 3 is 3.00 bits per heavy atom. The van der Waals surface area contributed by atoms with Gasteiger partial charge in [-0.15, -0.1) is 0 Å². The average Bonchev–Trinajstić information content (AvgIpc) is 2.04. The summed E-state index contributed by atoms with van der Waals surface area (Å²) in [5, 5.41) is 20.8. The second kappa shape index (κ2) is 5.19. The van der Waals surface area contributed by atoms with Gasteiger partial charge in [0.05, 0.1) is 6.10 Å². The van der Waals surface area contributed by atoms with Crippen molar-refractivity contribution < 1.29 is 15.0 Å². The molecule has 1 aliphatic heterocycles. The van der Waals surface area contributed by atoms with E-state index in [1.165, 1.54) is 0 Å². The van der Waals surface area contributed by atoms with Crippen molar-refractivity contribution in [3.63, 3.8) is 0 Å². The van der Waals surface area contributed by atoms with Crippen LogP contribution in [0.3, 0.4) is 0 Å². The van der Waals surface area contributed by atoms with Gasteiger partial charge in [-0.2, -0.15) is 0 Å². The summed E-state index contributed by atoms with van der Waals surface area (Å²) in [7, 11) is 0. The maximum absolute atomic E-state index is 11.0. The lowest BCUT2D eigenvalue weighted by atomic mass is 9.98. The summed E-state index contributed by atoms with van der Waals surface area (Å²) in [6.45, 7) is 0.00182. The molecule has 0 aliphatic carbocycles. The highest BCUT2D eigenvalue weighted by Crippen LogP contribution is 2.13. The predicted octanol–water partition coefficient (Wildman–Crippen LogP) is -0.212. The Bertz CT molecular complexity index is 172. The standard InChI is InChI=1S/C9H17NO3/c11-5-4-8(12)6-7-2-1-3-9(13)10-7/h7-8,11-12H,1-6H2,(H,10,13)/t7-,8+/m1/s1. The van der Waals surface area contributed by atoms with Crippen molar-refractivity contribution in [2.45, 2.75) is 44.2 Å². The molecule has 0 saturated carbocycles. The van der Waals surface area contributed by atoms with Gasteiger partial charge in [0.2, 0.25) is 5.91 Å². The normalized spacial score (nSPS) is 25.4. The fourth-order valence-corrected chi connectivity index (χ4v) is 1.65. The van der Waals surface area contributed by atoms with Crippen molar-refractivity contribution >= 4 is 5.91 Å². The van der Waals surface area contributed by atoms with E-state index in [1.54, 1.807) is 0 Å². The lowest BCUT2D eigenvalue weighted by molar-refractivity contribution is -0.123. The molecule has 13 heavy (non-hydrogen) atoms. The highest BCUT2D eigenvalue weighted by atomic mass is 16.3. The number of carbonyl (C=O) groups excluding carboxylic acids is 1. The van der Waals surface area contributed by atoms with E-state index in [9.17, 15) is 9.90 Å². The molecule has 3 N–H and O–H groups in total. The zero-order valence-corrected chi connectivity index (χ0v) is 7.70. The van der Waals surface area contributed by atoms with E-state index >= 15 is 0 Å². The molecule has 1 amide bonds. The van der Waals surface area contributed by atoms with Gasteiger partial charge >= 0.3 is 0 Å². The first-order chi connectivity index (χ1) is 6.22. The Balaban J connectivity index is 2.23. The highest BCUT2D eigenvalue weighted by molar-refractivity contribution is 5.76. The van der Waals surface area contributed by atoms with Crippen molar-refractivity contribution in [1.29, 1.82) is 0 Å². The third kappa shape index (κ3) is 3.74. The van der Waals surface area contributed by atoms with Gasteiger partial charge in [-0.05, 0) is 25.7 Å². The fourth-order valence-electron chi connectivity index (χ4n) is 1.65. The van der Waals surface area contributed by atoms with Crippen molar-refractivity contribution in [1.82, 2.24) is 5.32 Å². The molecule has 1 fully saturated rings. The molecule has 2 atom stereocenters. The number of amides is 1. The Morgan fingerprint density at radius 2 is 2.38 bits per heavy atom. The van der Waals surface area contributed by atoms with Crippen molar-refractivity contribution in [3.05, 3.63) is 0 Å². The van der Waals surface area contributed by atoms with E-state index < -0.39 is 6.10 Å². The van der Waals surface area contributed by atoms with Crippen LogP contribution in [0.1, 0.15) is 32.1 Å². The quantitative estimate of drug-likeness (QED) is 0.570. The molecule has 0 unspecified atom stereocenters. The Labute approximate surface area is 78.0 Å². The number of carbonyl (C=O) groups is 1. The Kier molecular flexibility index (Phi) is 4.18. The Morgan fingerprint density at radius 1 is 1.62 bits per heavy atom. The molecule has 4 nitrogen and oxygen atoms in total. The average molecular weight is 187 g/mol. The van der Waals surface area contributed by atoms with Crippen LogP contribution in [0.4, 0.5) is 0 Å². The minimum Gasteiger partial charge on any atom is -0.396 e. The van der Waals surface area contributed by atoms with E-state index in [0.717, 1.165) is 12.8 Å². The summed E-state index contributed by atoms with van der Waals surface area (Å²) < 4.78 is 0. The molecule has 0 aromatic carbocycles. The Hall–Kier alpha value is -0.610. The first kappa shape index (κ1) is 10.5. The molecule has 1 saturated heterocycles. The maximum Gasteiger partial charge on any atom is 0.220 e. The molecule has 0 aromatic rings. The molecule has 1 heterocycles. The van der Waals surface area contributed by atoms with Gasteiger partial charge in [-0.25, -0.2) is 0 Å². The minimum atomic E-state index is -0.492. The monoisotopic (exact) mass is 187 g/mol. The van der Waals surface area contributed by atoms with Crippen molar-refractivity contribution in [3.8, 4) is 0 Å². The SMILES string of the molecule is O=C1CCC[C@H](C[C@@H](O)CCO)N1. The largest absolute Gasteiger partial charge is 0.396 e. The smallest absolute Gasteiger partial charge is 0.220 e. The van der Waals surface area contributed by atoms with Crippen LogP contribution in [0, 0.1) is 0 Å². The predicted molar refractivity (Wildman–Crippen MR) is 48.1 cm³/mol. The summed E-state index contributed by atoms with van der Waals surface area (Å²) in [4.78, 5) is 11.0. The van der Waals surface area contributed by atoms with Crippen LogP contribution in [0.15, 0.2) is 0 Å². The second-order valence-electron chi connectivity index (χ2n) is 3.56. The maximum atomic E-state index is 11.0. The van der Waals surface area contributed by atoms with Crippen molar-refractivity contribution in [2.75, 3.05) is 6.61 Å². The zero-order chi connectivity index (χ0) is 9.68. The van der Waals surface area contributed by atoms with Gasteiger partial charge in [-0.1, -0.05) is 0 Å². The van der Waals surface area contributed by atoms with Crippen LogP contribution < -0.4 is 5.32 Å². The number of nitrogens with one attached hydrogen (secondary N) is 1. The number of rotatable bonds is 4. The van der Waals surface area contributed by atoms with E-state index in [1.807, 2.05) is 0 Å². The second-order valence-corrected chi connectivity index (χ2v) is 3.56. The molecule has 1 aliphatic rings. The van der Waals surface area contributed by atoms with Gasteiger partial charge in [0.1, 0.15) is 0 Å². The molecule has 0 aromatic heterocycles. The van der Waals surface area contributed by atoms with Crippen LogP contribution in [-0.2, 0) is 4.79 Å². The number of aliphatic hydroxyl groups is 2. The van der Waals surface area contributed by atoms with Crippen LogP contribution in [-0.4, -0.2) is 34.9 Å². The number of hydrogen-bond acceptors (Lipinski definition) is 3. The molecule has 0 bridgehead atoms. The van der Waals surface area contributed by atoms with Gasteiger partial charge in [-0.3, -0.25) is 4.79 Å². The highest BCUT2D eigenvalue weighted by Gasteiger charge is 2.20. The van der Waals surface area contributed by atoms with E-state index in [4.69, 9.17) is 5.11 Å². The summed E-state index contributed by atoms with van der Waals surface area (Å²) in [6.07, 6.45) is 2.91. The summed E-state index contributed by atoms with van der Waals surface area (Å²) >= 11 is 0. The van der Waals surface area contributed by atoms with E-state index in [0.29, 0.717) is 19.3 Å². The summed E-state index contributed by atoms with van der Waals surface area (Å²) in [6, 6.07) is 0.0998. The number of aliphatic hydroxyl groups excluding tert-OH is 2. The molecule has 0 radical (unpaired) electrons. The third-order valence-electron chi connectivity index (χ3n) is 2.34. The summed E-state index contributed by atoms with van der Waals surface area (Å²) in [5.41, 5.74) is 0. The van der Waals surface area contributed by atoms with Crippen LogP contribution in [0.25, 0.3) is 0 Å². The van der Waals surface area contributed by atoms with Crippen LogP contribution in [0.2, 0.25) is 0 Å². The first-order valence-electron chi connectivity index (χ1n) is 4.80. The van der Waals surface area contributed by atoms with Crippen molar-refractivity contribution in [2.24, 2.45) is 0 Å². The van der Waals surface area contributed by atoms with Gasteiger partial charge in [0.15, 0.2) is 0 Å². The number of hydrogen-bond donors (Lipinski definition) is 3. The first-order valence-corrected chi connectivity index (χ1v) is 4.80. The molecule has 4 heteroatoms. The third-order valence-corrected chi connectivity index (χ3v) is 2.34. The van der Waals surface area contributed by atoms with Crippen LogP contribution in [0.5, 0.6) is 0 Å². The minimum absolute atomic E-state index is 0.00182. The van der Waals surface area contributed by atoms with Gasteiger partial charge < -0.3 is 15.5 Å². The molecule has 0 spiro atoms. The molecular weight excluding hydrogens is 170 g/mol. The fraction of sp³-hybridized carbons (Fsp3) is 0.889. The topological polar surface area (TPSA) is 69.6 Å². The lowest BCUT2D eigenvalue weighted by Gasteiger charge is -2.25. The molecule has 1 rings (SSSR count). The van der Waals surface area contributed by atoms with Gasteiger partial charge in [0, 0.05) is 19.1 Å². The van der Waals surface area contributed by atoms with Gasteiger partial charge in [0.25, 0.3) is 0 Å². The zero-order valence-electron chi connectivity index (χ0n) is 7.70. The lowest BCUT2D eigenvalue weighted by Crippen LogP contribution is -2.40. The molecule has 76 valence electrons. The van der Waals surface area contributed by atoms with E-state index in [2.05, 4.69) is 5.32 Å². The molecular formula is C9H17NO3. The van der Waals surface area contributed by atoms with Crippen LogP contribution >= 0.6 is 0 Å².